The van der Waals surface area contributed by atoms with E-state index < -0.39 is 0 Å². The Morgan fingerprint density at radius 2 is 1.29 bits per heavy atom. The molecule has 0 atom stereocenters. The Labute approximate surface area is 240 Å². The summed E-state index contributed by atoms with van der Waals surface area (Å²) in [6.07, 6.45) is 7.39. The molecule has 4 bridgehead atoms. The third-order valence-corrected chi connectivity index (χ3v) is 10.4. The maximum atomic E-state index is 14.7. The summed E-state index contributed by atoms with van der Waals surface area (Å²) >= 11 is 0. The van der Waals surface area contributed by atoms with Crippen LogP contribution in [-0.4, -0.2) is 35.7 Å². The highest BCUT2D eigenvalue weighted by molar-refractivity contribution is 6.25. The summed E-state index contributed by atoms with van der Waals surface area (Å²) in [6.45, 7) is 0.745. The highest BCUT2D eigenvalue weighted by Gasteiger charge is 2.55. The molecule has 1 heterocycles. The van der Waals surface area contributed by atoms with E-state index in [0.717, 1.165) is 46.5 Å². The maximum absolute atomic E-state index is 14.7. The molecule has 0 unspecified atom stereocenters. The molecule has 0 radical (unpaired) electrons. The number of rotatable bonds is 6. The molecule has 0 saturated heterocycles. The molecular weight excluding hydrogens is 508 g/mol. The van der Waals surface area contributed by atoms with Crippen LogP contribution in [0.1, 0.15) is 65.7 Å². The van der Waals surface area contributed by atoms with Gasteiger partial charge in [0.2, 0.25) is 5.91 Å². The van der Waals surface area contributed by atoms with Crippen LogP contribution < -0.4 is 4.90 Å². The number of nitrogens with zero attached hydrogens (tertiary/aromatic N) is 2. The van der Waals surface area contributed by atoms with Crippen LogP contribution in [0.25, 0.3) is 21.5 Å². The van der Waals surface area contributed by atoms with Gasteiger partial charge in [-0.05, 0) is 91.7 Å². The molecule has 0 spiro atoms. The third-order valence-electron chi connectivity index (χ3n) is 10.4. The summed E-state index contributed by atoms with van der Waals surface area (Å²) in [5.41, 5.74) is 1.81. The first-order valence-electron chi connectivity index (χ1n) is 15.2. The largest absolute Gasteiger partial charge is 0.311 e. The Morgan fingerprint density at radius 3 is 1.95 bits per heavy atom. The zero-order valence-corrected chi connectivity index (χ0v) is 23.2. The van der Waals surface area contributed by atoms with Crippen molar-refractivity contribution in [2.75, 3.05) is 18.0 Å². The van der Waals surface area contributed by atoms with E-state index in [4.69, 9.17) is 0 Å². The molecule has 3 amide bonds. The molecule has 0 N–H and O–H groups in total. The summed E-state index contributed by atoms with van der Waals surface area (Å²) in [7, 11) is 0. The second-order valence-electron chi connectivity index (χ2n) is 13.0. The molecule has 5 heteroatoms. The standard InChI is InChI=1S/C36H34N2O3/c39-33-29-12-3-9-27-10-4-13-30(32(27)29)34(40)38(33)16-6-15-37(31-14-5-8-26-7-1-2-11-28(26)31)35(41)36-20-23-17-24(21-36)19-25(18-23)22-36/h1-5,7-14,23-25H,6,15-22H2. The van der Waals surface area contributed by atoms with Crippen LogP contribution >= 0.6 is 0 Å². The lowest BCUT2D eigenvalue weighted by Crippen LogP contribution is -2.55. The summed E-state index contributed by atoms with van der Waals surface area (Å²) < 4.78 is 0. The number of anilines is 1. The average molecular weight is 543 g/mol. The molecular formula is C36H34N2O3. The number of hydrogen-bond donors (Lipinski definition) is 0. The van der Waals surface area contributed by atoms with Gasteiger partial charge in [0.25, 0.3) is 11.8 Å². The fourth-order valence-corrected chi connectivity index (χ4v) is 9.10. The van der Waals surface area contributed by atoms with Crippen LogP contribution in [0.4, 0.5) is 5.69 Å². The topological polar surface area (TPSA) is 57.7 Å². The number of imide groups is 1. The summed E-state index contributed by atoms with van der Waals surface area (Å²) in [5, 5.41) is 3.83. The van der Waals surface area contributed by atoms with Gasteiger partial charge in [-0.1, -0.05) is 60.7 Å². The van der Waals surface area contributed by atoms with Gasteiger partial charge in [0, 0.05) is 35.0 Å². The van der Waals surface area contributed by atoms with Crippen LogP contribution in [0, 0.1) is 23.2 Å². The SMILES string of the molecule is O=C1c2cccc3cccc(c23)C(=O)N1CCCN(C(=O)C12CC3CC(CC(C3)C1)C2)c1cccc2ccccc12. The first kappa shape index (κ1) is 24.8. The smallest absolute Gasteiger partial charge is 0.261 e. The number of amides is 3. The van der Waals surface area contributed by atoms with Crippen LogP contribution in [-0.2, 0) is 4.79 Å². The van der Waals surface area contributed by atoms with Crippen molar-refractivity contribution in [3.8, 4) is 0 Å². The van der Waals surface area contributed by atoms with Crippen molar-refractivity contribution >= 4 is 45.0 Å². The molecule has 4 aromatic carbocycles. The van der Waals surface area contributed by atoms with Crippen molar-refractivity contribution in [1.82, 2.24) is 4.90 Å². The van der Waals surface area contributed by atoms with E-state index in [9.17, 15) is 14.4 Å². The van der Waals surface area contributed by atoms with Gasteiger partial charge in [-0.25, -0.2) is 0 Å². The average Bonchev–Trinajstić information content (AvgIpc) is 2.98. The lowest BCUT2D eigenvalue weighted by Gasteiger charge is -2.56. The highest BCUT2D eigenvalue weighted by Crippen LogP contribution is 2.60. The van der Waals surface area contributed by atoms with E-state index in [1.807, 2.05) is 59.5 Å². The molecule has 5 nitrogen and oxygen atoms in total. The van der Waals surface area contributed by atoms with Crippen LogP contribution in [0.3, 0.4) is 0 Å². The van der Waals surface area contributed by atoms with Gasteiger partial charge < -0.3 is 4.90 Å². The summed E-state index contributed by atoms with van der Waals surface area (Å²) in [6, 6.07) is 25.7. The molecule has 206 valence electrons. The molecule has 0 aromatic heterocycles. The van der Waals surface area contributed by atoms with Crippen molar-refractivity contribution in [3.63, 3.8) is 0 Å². The first-order valence-corrected chi connectivity index (χ1v) is 15.2. The van der Waals surface area contributed by atoms with E-state index >= 15 is 0 Å². The minimum absolute atomic E-state index is 0.247. The van der Waals surface area contributed by atoms with Gasteiger partial charge in [0.05, 0.1) is 11.1 Å². The summed E-state index contributed by atoms with van der Waals surface area (Å²) in [4.78, 5) is 45.2. The third kappa shape index (κ3) is 3.85. The second kappa shape index (κ2) is 9.27. The monoisotopic (exact) mass is 542 g/mol. The fraction of sp³-hybridized carbons (Fsp3) is 0.361. The maximum Gasteiger partial charge on any atom is 0.261 e. The fourth-order valence-electron chi connectivity index (χ4n) is 9.10. The Morgan fingerprint density at radius 1 is 0.732 bits per heavy atom. The van der Waals surface area contributed by atoms with Gasteiger partial charge >= 0.3 is 0 Å². The van der Waals surface area contributed by atoms with Crippen LogP contribution in [0.5, 0.6) is 0 Å². The Kier molecular flexibility index (Phi) is 5.60. The highest BCUT2D eigenvalue weighted by atomic mass is 16.2. The predicted molar refractivity (Wildman–Crippen MR) is 161 cm³/mol. The number of benzene rings is 4. The first-order chi connectivity index (χ1) is 20.0. The van der Waals surface area contributed by atoms with Gasteiger partial charge in [0.15, 0.2) is 0 Å². The lowest BCUT2D eigenvalue weighted by molar-refractivity contribution is -0.143. The van der Waals surface area contributed by atoms with E-state index in [0.29, 0.717) is 41.8 Å². The van der Waals surface area contributed by atoms with Crippen molar-refractivity contribution in [3.05, 3.63) is 90.0 Å². The number of fused-ring (bicyclic) bond motifs is 1. The van der Waals surface area contributed by atoms with Gasteiger partial charge in [-0.15, -0.1) is 0 Å². The van der Waals surface area contributed by atoms with Crippen molar-refractivity contribution in [2.24, 2.45) is 23.2 Å². The molecule has 9 rings (SSSR count). The minimum Gasteiger partial charge on any atom is -0.311 e. The Hall–Kier alpha value is -3.99. The van der Waals surface area contributed by atoms with Gasteiger partial charge in [0.1, 0.15) is 0 Å². The molecule has 4 saturated carbocycles. The zero-order chi connectivity index (χ0) is 27.7. The molecule has 4 fully saturated rings. The molecule has 5 aliphatic rings. The molecule has 4 aromatic rings. The second-order valence-corrected chi connectivity index (χ2v) is 13.0. The summed E-state index contributed by atoms with van der Waals surface area (Å²) in [5.74, 6) is 1.77. The number of carbonyl (C=O) groups is 3. The van der Waals surface area contributed by atoms with E-state index in [2.05, 4.69) is 24.3 Å². The van der Waals surface area contributed by atoms with E-state index in [1.165, 1.54) is 24.2 Å². The predicted octanol–water partition coefficient (Wildman–Crippen LogP) is 7.23. The van der Waals surface area contributed by atoms with Gasteiger partial charge in [-0.3, -0.25) is 19.3 Å². The number of hydrogen-bond acceptors (Lipinski definition) is 3. The quantitative estimate of drug-likeness (QED) is 0.242. The Bertz CT molecular complexity index is 1650. The van der Waals surface area contributed by atoms with Crippen LogP contribution in [0.15, 0.2) is 78.9 Å². The van der Waals surface area contributed by atoms with E-state index in [-0.39, 0.29) is 29.7 Å². The minimum atomic E-state index is -0.281. The number of carbonyl (C=O) groups excluding carboxylic acids is 3. The normalized spacial score (nSPS) is 26.2. The lowest BCUT2D eigenvalue weighted by atomic mass is 9.49. The molecule has 1 aliphatic heterocycles. The van der Waals surface area contributed by atoms with Crippen molar-refractivity contribution < 1.29 is 14.4 Å². The molecule has 4 aliphatic carbocycles. The van der Waals surface area contributed by atoms with E-state index in [1.54, 1.807) is 0 Å². The zero-order valence-electron chi connectivity index (χ0n) is 23.2. The van der Waals surface area contributed by atoms with Crippen molar-refractivity contribution in [1.29, 1.82) is 0 Å². The van der Waals surface area contributed by atoms with Gasteiger partial charge in [-0.2, -0.15) is 0 Å². The van der Waals surface area contributed by atoms with Crippen LogP contribution in [0.2, 0.25) is 0 Å². The Balaban J connectivity index is 1.11. The molecule has 41 heavy (non-hydrogen) atoms. The van der Waals surface area contributed by atoms with Crippen molar-refractivity contribution in [2.45, 2.75) is 44.9 Å².